The Morgan fingerprint density at radius 2 is 2.22 bits per heavy atom. The molecule has 0 spiro atoms. The molecule has 0 fully saturated rings. The van der Waals surface area contributed by atoms with Crippen LogP contribution >= 0.6 is 0 Å². The molecule has 0 aliphatic rings. The number of aryl methyl sites for hydroxylation is 2. The minimum absolute atomic E-state index is 0.127. The maximum Gasteiger partial charge on any atom is 0.280 e. The number of hydrogen-bond acceptors (Lipinski definition) is 5. The number of aromatic nitrogens is 5. The minimum Gasteiger partial charge on any atom is -0.314 e. The first-order valence-electron chi connectivity index (χ1n) is 6.08. The highest BCUT2D eigenvalue weighted by Gasteiger charge is 2.08. The number of nitrogens with one attached hydrogen (secondary N) is 1. The van der Waals surface area contributed by atoms with E-state index < -0.39 is 0 Å². The molecule has 0 radical (unpaired) electrons. The number of rotatable bonds is 5. The molecule has 0 bridgehead atoms. The molecular formula is C11H18N6O. The van der Waals surface area contributed by atoms with Crippen molar-refractivity contribution in [2.24, 2.45) is 7.05 Å². The van der Waals surface area contributed by atoms with Crippen LogP contribution in [0.1, 0.15) is 20.3 Å². The lowest BCUT2D eigenvalue weighted by molar-refractivity contribution is 0.486. The van der Waals surface area contributed by atoms with E-state index in [2.05, 4.69) is 34.6 Å². The summed E-state index contributed by atoms with van der Waals surface area (Å²) in [5, 5.41) is 15.8. The molecule has 0 aromatic carbocycles. The Morgan fingerprint density at radius 1 is 1.44 bits per heavy atom. The molecular weight excluding hydrogens is 232 g/mol. The zero-order valence-corrected chi connectivity index (χ0v) is 10.9. The van der Waals surface area contributed by atoms with Crippen LogP contribution in [-0.2, 0) is 13.6 Å². The SMILES string of the molecule is CC(C)NCCCn1nnc2c(cnn2C)c1=O. The van der Waals surface area contributed by atoms with E-state index in [4.69, 9.17) is 0 Å². The Bertz CT molecular complexity index is 585. The molecule has 18 heavy (non-hydrogen) atoms. The maximum absolute atomic E-state index is 12.1. The van der Waals surface area contributed by atoms with Gasteiger partial charge in [0.2, 0.25) is 0 Å². The van der Waals surface area contributed by atoms with E-state index in [1.807, 2.05) is 0 Å². The highest BCUT2D eigenvalue weighted by molar-refractivity contribution is 5.72. The van der Waals surface area contributed by atoms with Crippen molar-refractivity contribution in [3.8, 4) is 0 Å². The van der Waals surface area contributed by atoms with Gasteiger partial charge < -0.3 is 5.32 Å². The van der Waals surface area contributed by atoms with E-state index in [1.54, 1.807) is 11.7 Å². The molecule has 2 rings (SSSR count). The van der Waals surface area contributed by atoms with E-state index in [-0.39, 0.29) is 5.56 Å². The number of hydrogen-bond donors (Lipinski definition) is 1. The Labute approximate surface area is 105 Å². The molecule has 0 unspecified atom stereocenters. The van der Waals surface area contributed by atoms with E-state index >= 15 is 0 Å². The topological polar surface area (TPSA) is 77.6 Å². The normalized spacial score (nSPS) is 11.6. The molecule has 0 saturated carbocycles. The van der Waals surface area contributed by atoms with E-state index in [0.717, 1.165) is 13.0 Å². The summed E-state index contributed by atoms with van der Waals surface area (Å²) in [6, 6.07) is 0.452. The van der Waals surface area contributed by atoms with Gasteiger partial charge in [-0.2, -0.15) is 5.10 Å². The summed E-state index contributed by atoms with van der Waals surface area (Å²) in [7, 11) is 1.74. The first-order valence-corrected chi connectivity index (χ1v) is 6.08. The molecule has 7 heteroatoms. The van der Waals surface area contributed by atoms with Crippen LogP contribution in [0, 0.1) is 0 Å². The van der Waals surface area contributed by atoms with Gasteiger partial charge in [0.25, 0.3) is 5.56 Å². The van der Waals surface area contributed by atoms with Crippen molar-refractivity contribution in [3.05, 3.63) is 16.6 Å². The van der Waals surface area contributed by atoms with Crippen molar-refractivity contribution in [1.82, 2.24) is 30.1 Å². The largest absolute Gasteiger partial charge is 0.314 e. The van der Waals surface area contributed by atoms with E-state index in [1.165, 1.54) is 10.9 Å². The fraction of sp³-hybridized carbons (Fsp3) is 0.636. The fourth-order valence-electron chi connectivity index (χ4n) is 1.74. The van der Waals surface area contributed by atoms with Gasteiger partial charge in [0.15, 0.2) is 5.65 Å². The smallest absolute Gasteiger partial charge is 0.280 e. The van der Waals surface area contributed by atoms with Crippen LogP contribution in [0.4, 0.5) is 0 Å². The van der Waals surface area contributed by atoms with Crippen molar-refractivity contribution in [3.63, 3.8) is 0 Å². The highest BCUT2D eigenvalue weighted by atomic mass is 16.1. The molecule has 2 aromatic heterocycles. The number of fused-ring (bicyclic) bond motifs is 1. The molecule has 0 saturated heterocycles. The second-order valence-corrected chi connectivity index (χ2v) is 4.59. The summed E-state index contributed by atoms with van der Waals surface area (Å²) in [5.74, 6) is 0. The van der Waals surface area contributed by atoms with Crippen LogP contribution in [0.3, 0.4) is 0 Å². The minimum atomic E-state index is -0.127. The lowest BCUT2D eigenvalue weighted by Crippen LogP contribution is -2.28. The fourth-order valence-corrected chi connectivity index (χ4v) is 1.74. The van der Waals surface area contributed by atoms with Gasteiger partial charge in [0.1, 0.15) is 5.39 Å². The van der Waals surface area contributed by atoms with Gasteiger partial charge in [-0.05, 0) is 13.0 Å². The van der Waals surface area contributed by atoms with Crippen molar-refractivity contribution in [2.45, 2.75) is 32.9 Å². The van der Waals surface area contributed by atoms with Gasteiger partial charge in [-0.3, -0.25) is 4.79 Å². The maximum atomic E-state index is 12.1. The third kappa shape index (κ3) is 2.56. The van der Waals surface area contributed by atoms with E-state index in [0.29, 0.717) is 23.6 Å². The zero-order valence-electron chi connectivity index (χ0n) is 10.9. The van der Waals surface area contributed by atoms with Crippen LogP contribution in [0.5, 0.6) is 0 Å². The predicted octanol–water partition coefficient (Wildman–Crippen LogP) is -0.0869. The third-order valence-corrected chi connectivity index (χ3v) is 2.72. The van der Waals surface area contributed by atoms with Gasteiger partial charge in [-0.1, -0.05) is 19.1 Å². The third-order valence-electron chi connectivity index (χ3n) is 2.72. The molecule has 2 heterocycles. The summed E-state index contributed by atoms with van der Waals surface area (Å²) >= 11 is 0. The zero-order chi connectivity index (χ0) is 13.1. The molecule has 0 atom stereocenters. The lowest BCUT2D eigenvalue weighted by Gasteiger charge is -2.07. The predicted molar refractivity (Wildman–Crippen MR) is 68.3 cm³/mol. The standard InChI is InChI=1S/C11H18N6O/c1-8(2)12-5-4-6-17-11(18)9-7-13-16(3)10(9)14-15-17/h7-8,12H,4-6H2,1-3H3. The summed E-state index contributed by atoms with van der Waals surface area (Å²) in [6.45, 7) is 5.61. The van der Waals surface area contributed by atoms with Gasteiger partial charge in [0, 0.05) is 19.6 Å². The van der Waals surface area contributed by atoms with Crippen molar-refractivity contribution < 1.29 is 0 Å². The summed E-state index contributed by atoms with van der Waals surface area (Å²) in [4.78, 5) is 12.1. The Morgan fingerprint density at radius 3 is 2.94 bits per heavy atom. The average molecular weight is 250 g/mol. The van der Waals surface area contributed by atoms with Gasteiger partial charge in [0.05, 0.1) is 6.20 Å². The van der Waals surface area contributed by atoms with Crippen molar-refractivity contribution >= 4 is 11.0 Å². The van der Waals surface area contributed by atoms with Crippen LogP contribution in [0.2, 0.25) is 0 Å². The summed E-state index contributed by atoms with van der Waals surface area (Å²) < 4.78 is 2.94. The van der Waals surface area contributed by atoms with E-state index in [9.17, 15) is 4.79 Å². The molecule has 98 valence electrons. The molecule has 0 amide bonds. The second kappa shape index (κ2) is 5.26. The molecule has 1 N–H and O–H groups in total. The Balaban J connectivity index is 2.10. The van der Waals surface area contributed by atoms with Crippen LogP contribution in [0.15, 0.2) is 11.0 Å². The second-order valence-electron chi connectivity index (χ2n) is 4.59. The molecule has 0 aliphatic heterocycles. The van der Waals surface area contributed by atoms with Crippen LogP contribution < -0.4 is 10.9 Å². The first-order chi connectivity index (χ1) is 8.59. The quantitative estimate of drug-likeness (QED) is 0.751. The lowest BCUT2D eigenvalue weighted by atomic mass is 10.3. The van der Waals surface area contributed by atoms with Gasteiger partial charge in [-0.25, -0.2) is 9.36 Å². The Kier molecular flexibility index (Phi) is 3.71. The highest BCUT2D eigenvalue weighted by Crippen LogP contribution is 2.01. The van der Waals surface area contributed by atoms with Crippen LogP contribution in [-0.4, -0.2) is 37.4 Å². The molecule has 7 nitrogen and oxygen atoms in total. The van der Waals surface area contributed by atoms with Crippen molar-refractivity contribution in [1.29, 1.82) is 0 Å². The Hall–Kier alpha value is -1.76. The molecule has 0 aliphatic carbocycles. The van der Waals surface area contributed by atoms with Gasteiger partial charge in [-0.15, -0.1) is 5.10 Å². The van der Waals surface area contributed by atoms with Crippen LogP contribution in [0.25, 0.3) is 11.0 Å². The van der Waals surface area contributed by atoms with Crippen molar-refractivity contribution in [2.75, 3.05) is 6.54 Å². The average Bonchev–Trinajstić information content (AvgIpc) is 2.70. The van der Waals surface area contributed by atoms with Gasteiger partial charge >= 0.3 is 0 Å². The summed E-state index contributed by atoms with van der Waals surface area (Å²) in [5.41, 5.74) is 0.397. The molecule has 2 aromatic rings. The monoisotopic (exact) mass is 250 g/mol. The summed E-state index contributed by atoms with van der Waals surface area (Å²) in [6.07, 6.45) is 2.38. The first kappa shape index (κ1) is 12.7. The number of nitrogens with zero attached hydrogens (tertiary/aromatic N) is 5.